The first-order valence-corrected chi connectivity index (χ1v) is 13.3. The Kier molecular flexibility index (Phi) is 7.46. The number of ether oxygens (including phenoxy) is 1. The van der Waals surface area contributed by atoms with E-state index in [0.717, 1.165) is 23.6 Å². The molecule has 33 heavy (non-hydrogen) atoms. The predicted molar refractivity (Wildman–Crippen MR) is 124 cm³/mol. The summed E-state index contributed by atoms with van der Waals surface area (Å²) in [5, 5.41) is 9.18. The maximum Gasteiger partial charge on any atom is 0.265 e. The Hall–Kier alpha value is -2.29. The topological polar surface area (TPSA) is 106 Å². The van der Waals surface area contributed by atoms with E-state index in [4.69, 9.17) is 4.74 Å². The first kappa shape index (κ1) is 23.9. The molecule has 2 heterocycles. The van der Waals surface area contributed by atoms with Gasteiger partial charge in [0.15, 0.2) is 14.6 Å². The maximum absolute atomic E-state index is 13.4. The summed E-state index contributed by atoms with van der Waals surface area (Å²) in [6.07, 6.45) is 10.9. The molecule has 0 atom stereocenters. The van der Waals surface area contributed by atoms with Crippen molar-refractivity contribution >= 4 is 15.7 Å². The summed E-state index contributed by atoms with van der Waals surface area (Å²) in [5.41, 5.74) is 4.34. The molecule has 178 valence electrons. The molecule has 1 aliphatic carbocycles. The molecule has 4 rings (SSSR count). The first-order chi connectivity index (χ1) is 16.0. The SMILES string of the molecule is O=C(NO)C1(S(=O)(=O)c2ccc(-c3ccc(CCC4CCCCC4)cn3)cc2)CCOCC1. The summed E-state index contributed by atoms with van der Waals surface area (Å²) in [7, 11) is -4.03. The zero-order chi connectivity index (χ0) is 23.3. The van der Waals surface area contributed by atoms with Crippen LogP contribution >= 0.6 is 0 Å². The maximum atomic E-state index is 13.4. The number of benzene rings is 1. The number of hydrogen-bond acceptors (Lipinski definition) is 6. The molecular weight excluding hydrogens is 440 g/mol. The van der Waals surface area contributed by atoms with Crippen molar-refractivity contribution in [3.05, 3.63) is 48.2 Å². The van der Waals surface area contributed by atoms with Crippen LogP contribution in [0.2, 0.25) is 0 Å². The quantitative estimate of drug-likeness (QED) is 0.464. The minimum atomic E-state index is -4.03. The Bertz CT molecular complexity index is 1040. The highest BCUT2D eigenvalue weighted by atomic mass is 32.2. The number of hydroxylamine groups is 1. The number of carbonyl (C=O) groups is 1. The van der Waals surface area contributed by atoms with Gasteiger partial charge < -0.3 is 4.74 Å². The average molecular weight is 473 g/mol. The van der Waals surface area contributed by atoms with E-state index in [-0.39, 0.29) is 31.0 Å². The summed E-state index contributed by atoms with van der Waals surface area (Å²) in [4.78, 5) is 17.0. The van der Waals surface area contributed by atoms with Crippen LogP contribution in [0.3, 0.4) is 0 Å². The van der Waals surface area contributed by atoms with E-state index in [2.05, 4.69) is 11.1 Å². The van der Waals surface area contributed by atoms with E-state index in [1.54, 1.807) is 17.6 Å². The van der Waals surface area contributed by atoms with E-state index in [1.807, 2.05) is 12.3 Å². The second kappa shape index (κ2) is 10.3. The lowest BCUT2D eigenvalue weighted by Crippen LogP contribution is -2.54. The van der Waals surface area contributed by atoms with E-state index >= 15 is 0 Å². The molecule has 0 bridgehead atoms. The zero-order valence-electron chi connectivity index (χ0n) is 18.8. The summed E-state index contributed by atoms with van der Waals surface area (Å²) in [6, 6.07) is 10.5. The smallest absolute Gasteiger partial charge is 0.265 e. The van der Waals surface area contributed by atoms with Gasteiger partial charge in [-0.25, -0.2) is 13.9 Å². The number of nitrogens with one attached hydrogen (secondary N) is 1. The van der Waals surface area contributed by atoms with E-state index in [9.17, 15) is 18.4 Å². The van der Waals surface area contributed by atoms with Crippen molar-refractivity contribution in [2.75, 3.05) is 13.2 Å². The lowest BCUT2D eigenvalue weighted by atomic mass is 9.85. The van der Waals surface area contributed by atoms with Crippen LogP contribution in [0.15, 0.2) is 47.5 Å². The number of nitrogens with zero attached hydrogens (tertiary/aromatic N) is 1. The Labute approximate surface area is 195 Å². The number of aryl methyl sites for hydroxylation is 1. The first-order valence-electron chi connectivity index (χ1n) is 11.8. The number of rotatable bonds is 7. The van der Waals surface area contributed by atoms with Gasteiger partial charge in [0.25, 0.3) is 5.91 Å². The van der Waals surface area contributed by atoms with E-state index < -0.39 is 20.5 Å². The molecule has 0 radical (unpaired) electrons. The average Bonchev–Trinajstić information content (AvgIpc) is 2.88. The van der Waals surface area contributed by atoms with Gasteiger partial charge in [-0.2, -0.15) is 0 Å². The molecule has 1 saturated heterocycles. The van der Waals surface area contributed by atoms with Crippen molar-refractivity contribution in [1.29, 1.82) is 0 Å². The normalized spacial score (nSPS) is 19.2. The van der Waals surface area contributed by atoms with Crippen LogP contribution in [-0.2, 0) is 25.8 Å². The van der Waals surface area contributed by atoms with E-state index in [1.165, 1.54) is 56.2 Å². The highest BCUT2D eigenvalue weighted by Gasteiger charge is 2.52. The molecule has 1 aliphatic heterocycles. The third-order valence-electron chi connectivity index (χ3n) is 7.18. The monoisotopic (exact) mass is 472 g/mol. The van der Waals surface area contributed by atoms with Gasteiger partial charge in [0.1, 0.15) is 0 Å². The van der Waals surface area contributed by atoms with Crippen molar-refractivity contribution < 1.29 is 23.2 Å². The van der Waals surface area contributed by atoms with Crippen LogP contribution in [0.4, 0.5) is 0 Å². The number of hydrogen-bond donors (Lipinski definition) is 2. The molecule has 0 unspecified atom stereocenters. The molecule has 7 nitrogen and oxygen atoms in total. The van der Waals surface area contributed by atoms with Crippen LogP contribution in [-0.4, -0.2) is 42.5 Å². The second-order valence-electron chi connectivity index (χ2n) is 9.17. The fourth-order valence-corrected chi connectivity index (χ4v) is 6.98. The van der Waals surface area contributed by atoms with Crippen molar-refractivity contribution in [1.82, 2.24) is 10.5 Å². The van der Waals surface area contributed by atoms with E-state index in [0.29, 0.717) is 0 Å². The van der Waals surface area contributed by atoms with Crippen LogP contribution in [0.25, 0.3) is 11.3 Å². The highest BCUT2D eigenvalue weighted by Crippen LogP contribution is 2.36. The predicted octanol–water partition coefficient (Wildman–Crippen LogP) is 4.09. The Morgan fingerprint density at radius 2 is 1.76 bits per heavy atom. The fourth-order valence-electron chi connectivity index (χ4n) is 5.04. The number of pyridine rings is 1. The lowest BCUT2D eigenvalue weighted by molar-refractivity contribution is -0.134. The number of sulfone groups is 1. The van der Waals surface area contributed by atoms with Gasteiger partial charge >= 0.3 is 0 Å². The fraction of sp³-hybridized carbons (Fsp3) is 0.520. The number of carbonyl (C=O) groups excluding carboxylic acids is 1. The van der Waals surface area contributed by atoms with Crippen molar-refractivity contribution in [2.24, 2.45) is 5.92 Å². The third-order valence-corrected chi connectivity index (χ3v) is 9.70. The van der Waals surface area contributed by atoms with Gasteiger partial charge in [-0.15, -0.1) is 0 Å². The Morgan fingerprint density at radius 1 is 1.06 bits per heavy atom. The minimum absolute atomic E-state index is 0.00659. The molecule has 1 aromatic carbocycles. The molecule has 2 N–H and O–H groups in total. The lowest BCUT2D eigenvalue weighted by Gasteiger charge is -2.34. The van der Waals surface area contributed by atoms with Crippen LogP contribution in [0, 0.1) is 5.92 Å². The molecule has 8 heteroatoms. The van der Waals surface area contributed by atoms with Gasteiger partial charge in [0.2, 0.25) is 0 Å². The molecule has 1 amide bonds. The Balaban J connectivity index is 1.47. The van der Waals surface area contributed by atoms with Crippen LogP contribution in [0.5, 0.6) is 0 Å². The molecule has 1 saturated carbocycles. The van der Waals surface area contributed by atoms with Crippen molar-refractivity contribution in [3.8, 4) is 11.3 Å². The summed E-state index contributed by atoms with van der Waals surface area (Å²) in [5.74, 6) is -0.0831. The standard InChI is InChI=1S/C25H32N2O5S/c28-24(27-29)25(14-16-32-17-15-25)33(30,31)22-11-9-21(10-12-22)23-13-8-20(18-26-23)7-6-19-4-2-1-3-5-19/h8-13,18-19,29H,1-7,14-17H2,(H,27,28). The molecule has 0 spiro atoms. The molecule has 2 aromatic rings. The second-order valence-corrected chi connectivity index (χ2v) is 11.4. The van der Waals surface area contributed by atoms with Crippen molar-refractivity contribution in [2.45, 2.75) is 67.4 Å². The molecule has 2 aliphatic rings. The highest BCUT2D eigenvalue weighted by molar-refractivity contribution is 7.93. The third kappa shape index (κ3) is 4.98. The van der Waals surface area contributed by atoms with Crippen LogP contribution in [0.1, 0.15) is 56.9 Å². The van der Waals surface area contributed by atoms with Crippen LogP contribution < -0.4 is 5.48 Å². The van der Waals surface area contributed by atoms with Crippen molar-refractivity contribution in [3.63, 3.8) is 0 Å². The zero-order valence-corrected chi connectivity index (χ0v) is 19.6. The van der Waals surface area contributed by atoms with Gasteiger partial charge in [0, 0.05) is 25.0 Å². The summed E-state index contributed by atoms with van der Waals surface area (Å²) < 4.78 is 30.2. The molecular formula is C25H32N2O5S. The number of amides is 1. The minimum Gasteiger partial charge on any atom is -0.381 e. The van der Waals surface area contributed by atoms with Gasteiger partial charge in [-0.05, 0) is 55.4 Å². The molecule has 1 aromatic heterocycles. The van der Waals surface area contributed by atoms with Gasteiger partial charge in [-0.3, -0.25) is 15.0 Å². The largest absolute Gasteiger partial charge is 0.381 e. The summed E-state index contributed by atoms with van der Waals surface area (Å²) >= 11 is 0. The summed E-state index contributed by atoms with van der Waals surface area (Å²) in [6.45, 7) is 0.281. The van der Waals surface area contributed by atoms with Gasteiger partial charge in [0.05, 0.1) is 10.6 Å². The van der Waals surface area contributed by atoms with Gasteiger partial charge in [-0.1, -0.05) is 50.3 Å². The number of aromatic nitrogens is 1. The molecule has 2 fully saturated rings. The Morgan fingerprint density at radius 3 is 2.36 bits per heavy atom.